The van der Waals surface area contributed by atoms with Crippen molar-refractivity contribution in [1.29, 1.82) is 0 Å². The molecule has 1 aliphatic carbocycles. The molecular weight excluding hydrogens is 322 g/mol. The van der Waals surface area contributed by atoms with Crippen LogP contribution < -0.4 is 5.32 Å². The van der Waals surface area contributed by atoms with Crippen LogP contribution in [0.4, 0.5) is 5.69 Å². The van der Waals surface area contributed by atoms with Crippen molar-refractivity contribution in [3.63, 3.8) is 0 Å². The third-order valence-electron chi connectivity index (χ3n) is 4.06. The molecular formula is C15H20BrNO3. The molecule has 0 saturated heterocycles. The smallest absolute Gasteiger partial charge is 0.335 e. The summed E-state index contributed by atoms with van der Waals surface area (Å²) in [5, 5.41) is 22.0. The summed E-state index contributed by atoms with van der Waals surface area (Å²) in [6, 6.07) is 5.07. The average Bonchev–Trinajstić information content (AvgIpc) is 2.45. The fourth-order valence-electron chi connectivity index (χ4n) is 2.80. The molecule has 0 unspecified atom stereocenters. The minimum Gasteiger partial charge on any atom is -0.478 e. The SMILES string of the molecule is O=C(O)c1cc(Br)cc(NCC2(CO)CCCCC2)c1. The van der Waals surface area contributed by atoms with Gasteiger partial charge in [-0.1, -0.05) is 35.2 Å². The number of hydrogen-bond donors (Lipinski definition) is 3. The van der Waals surface area contributed by atoms with Gasteiger partial charge in [-0.05, 0) is 31.0 Å². The number of anilines is 1. The van der Waals surface area contributed by atoms with Gasteiger partial charge in [-0.2, -0.15) is 0 Å². The van der Waals surface area contributed by atoms with Crippen molar-refractivity contribution in [1.82, 2.24) is 0 Å². The van der Waals surface area contributed by atoms with Gasteiger partial charge in [0.05, 0.1) is 12.2 Å². The van der Waals surface area contributed by atoms with Gasteiger partial charge in [0.2, 0.25) is 0 Å². The quantitative estimate of drug-likeness (QED) is 0.766. The Bertz CT molecular complexity index is 484. The maximum atomic E-state index is 11.0. The monoisotopic (exact) mass is 341 g/mol. The second-order valence-corrected chi connectivity index (χ2v) is 6.52. The molecule has 1 aliphatic rings. The second-order valence-electron chi connectivity index (χ2n) is 5.61. The van der Waals surface area contributed by atoms with Crippen LogP contribution >= 0.6 is 15.9 Å². The predicted octanol–water partition coefficient (Wildman–Crippen LogP) is 3.50. The molecule has 0 amide bonds. The Hall–Kier alpha value is -1.07. The predicted molar refractivity (Wildman–Crippen MR) is 82.2 cm³/mol. The molecule has 1 aromatic carbocycles. The van der Waals surface area contributed by atoms with Gasteiger partial charge in [0.15, 0.2) is 0 Å². The third-order valence-corrected chi connectivity index (χ3v) is 4.52. The van der Waals surface area contributed by atoms with Crippen molar-refractivity contribution in [2.24, 2.45) is 5.41 Å². The van der Waals surface area contributed by atoms with Crippen molar-refractivity contribution >= 4 is 27.6 Å². The molecule has 0 aliphatic heterocycles. The van der Waals surface area contributed by atoms with Crippen LogP contribution in [0.15, 0.2) is 22.7 Å². The van der Waals surface area contributed by atoms with Gasteiger partial charge in [-0.3, -0.25) is 0 Å². The van der Waals surface area contributed by atoms with E-state index in [1.807, 2.05) is 6.07 Å². The van der Waals surface area contributed by atoms with E-state index in [2.05, 4.69) is 21.2 Å². The molecule has 1 aromatic rings. The Morgan fingerprint density at radius 1 is 1.25 bits per heavy atom. The van der Waals surface area contributed by atoms with E-state index in [9.17, 15) is 9.90 Å². The molecule has 0 bridgehead atoms. The molecule has 0 heterocycles. The van der Waals surface area contributed by atoms with Crippen molar-refractivity contribution in [3.8, 4) is 0 Å². The zero-order valence-corrected chi connectivity index (χ0v) is 12.9. The molecule has 20 heavy (non-hydrogen) atoms. The summed E-state index contributed by atoms with van der Waals surface area (Å²) < 4.78 is 0.738. The van der Waals surface area contributed by atoms with Crippen LogP contribution in [0, 0.1) is 5.41 Å². The average molecular weight is 342 g/mol. The number of halogens is 1. The highest BCUT2D eigenvalue weighted by atomic mass is 79.9. The lowest BCUT2D eigenvalue weighted by Crippen LogP contribution is -2.35. The maximum Gasteiger partial charge on any atom is 0.335 e. The molecule has 0 radical (unpaired) electrons. The number of rotatable bonds is 5. The van der Waals surface area contributed by atoms with Crippen molar-refractivity contribution in [3.05, 3.63) is 28.2 Å². The van der Waals surface area contributed by atoms with Gasteiger partial charge >= 0.3 is 5.97 Å². The fourth-order valence-corrected chi connectivity index (χ4v) is 3.29. The molecule has 0 spiro atoms. The van der Waals surface area contributed by atoms with E-state index in [1.165, 1.54) is 6.42 Å². The van der Waals surface area contributed by atoms with Crippen molar-refractivity contribution < 1.29 is 15.0 Å². The Morgan fingerprint density at radius 3 is 2.55 bits per heavy atom. The number of carboxylic acids is 1. The van der Waals surface area contributed by atoms with Gasteiger partial charge < -0.3 is 15.5 Å². The lowest BCUT2D eigenvalue weighted by Gasteiger charge is -2.36. The lowest BCUT2D eigenvalue weighted by molar-refractivity contribution is 0.0697. The fraction of sp³-hybridized carbons (Fsp3) is 0.533. The van der Waals surface area contributed by atoms with Crippen LogP contribution in [0.5, 0.6) is 0 Å². The molecule has 5 heteroatoms. The van der Waals surface area contributed by atoms with E-state index in [0.717, 1.165) is 35.8 Å². The van der Waals surface area contributed by atoms with E-state index in [4.69, 9.17) is 5.11 Å². The van der Waals surface area contributed by atoms with E-state index in [1.54, 1.807) is 12.1 Å². The third kappa shape index (κ3) is 3.73. The largest absolute Gasteiger partial charge is 0.478 e. The summed E-state index contributed by atoms with van der Waals surface area (Å²) in [5.74, 6) is -0.941. The second kappa shape index (κ2) is 6.59. The van der Waals surface area contributed by atoms with Crippen LogP contribution in [-0.4, -0.2) is 29.3 Å². The summed E-state index contributed by atoms with van der Waals surface area (Å²) in [6.07, 6.45) is 5.59. The molecule has 0 atom stereocenters. The van der Waals surface area contributed by atoms with Gasteiger partial charge in [0.1, 0.15) is 0 Å². The zero-order valence-electron chi connectivity index (χ0n) is 11.4. The van der Waals surface area contributed by atoms with Gasteiger partial charge in [-0.25, -0.2) is 4.79 Å². The standard InChI is InChI=1S/C15H20BrNO3/c16-12-6-11(14(19)20)7-13(8-12)17-9-15(10-18)4-2-1-3-5-15/h6-8,17-18H,1-5,9-10H2,(H,19,20). The highest BCUT2D eigenvalue weighted by Gasteiger charge is 2.31. The first kappa shape index (κ1) is 15.3. The summed E-state index contributed by atoms with van der Waals surface area (Å²) in [6.45, 7) is 0.860. The number of carbonyl (C=O) groups is 1. The van der Waals surface area contributed by atoms with Gasteiger partial charge in [-0.15, -0.1) is 0 Å². The van der Waals surface area contributed by atoms with Gasteiger partial charge in [0.25, 0.3) is 0 Å². The first-order valence-electron chi connectivity index (χ1n) is 6.93. The number of hydrogen-bond acceptors (Lipinski definition) is 3. The van der Waals surface area contributed by atoms with Crippen molar-refractivity contribution in [2.75, 3.05) is 18.5 Å². The molecule has 3 N–H and O–H groups in total. The summed E-state index contributed by atoms with van der Waals surface area (Å²) in [4.78, 5) is 11.0. The summed E-state index contributed by atoms with van der Waals surface area (Å²) in [7, 11) is 0. The number of aliphatic hydroxyl groups is 1. The lowest BCUT2D eigenvalue weighted by atomic mass is 9.74. The topological polar surface area (TPSA) is 69.6 Å². The molecule has 2 rings (SSSR count). The van der Waals surface area contributed by atoms with E-state index in [-0.39, 0.29) is 17.6 Å². The van der Waals surface area contributed by atoms with Crippen LogP contribution in [-0.2, 0) is 0 Å². The minimum atomic E-state index is -0.941. The summed E-state index contributed by atoms with van der Waals surface area (Å²) in [5.41, 5.74) is 0.961. The van der Waals surface area contributed by atoms with Crippen LogP contribution in [0.3, 0.4) is 0 Å². The van der Waals surface area contributed by atoms with Crippen LogP contribution in [0.25, 0.3) is 0 Å². The Kier molecular flexibility index (Phi) is 5.05. The first-order chi connectivity index (χ1) is 9.54. The Labute approximate surface area is 127 Å². The highest BCUT2D eigenvalue weighted by molar-refractivity contribution is 9.10. The van der Waals surface area contributed by atoms with Crippen molar-refractivity contribution in [2.45, 2.75) is 32.1 Å². The summed E-state index contributed by atoms with van der Waals surface area (Å²) >= 11 is 3.33. The van der Waals surface area contributed by atoms with Gasteiger partial charge in [0, 0.05) is 22.1 Å². The molecule has 110 valence electrons. The normalized spacial score (nSPS) is 17.7. The number of benzene rings is 1. The first-order valence-corrected chi connectivity index (χ1v) is 7.73. The molecule has 4 nitrogen and oxygen atoms in total. The van der Waals surface area contributed by atoms with E-state index < -0.39 is 5.97 Å². The van der Waals surface area contributed by atoms with E-state index >= 15 is 0 Å². The zero-order chi connectivity index (χ0) is 14.6. The Morgan fingerprint density at radius 2 is 1.95 bits per heavy atom. The van der Waals surface area contributed by atoms with Crippen LogP contribution in [0.2, 0.25) is 0 Å². The number of aromatic carboxylic acids is 1. The molecule has 0 aromatic heterocycles. The maximum absolute atomic E-state index is 11.0. The molecule has 1 fully saturated rings. The van der Waals surface area contributed by atoms with E-state index in [0.29, 0.717) is 6.54 Å². The number of nitrogens with one attached hydrogen (secondary N) is 1. The highest BCUT2D eigenvalue weighted by Crippen LogP contribution is 2.36. The number of carboxylic acid groups (broad SMARTS) is 1. The Balaban J connectivity index is 2.07. The minimum absolute atomic E-state index is 0.0655. The molecule has 1 saturated carbocycles. The van der Waals surface area contributed by atoms with Crippen LogP contribution in [0.1, 0.15) is 42.5 Å². The number of aliphatic hydroxyl groups excluding tert-OH is 1.